The van der Waals surface area contributed by atoms with Crippen LogP contribution in [-0.4, -0.2) is 59.4 Å². The van der Waals surface area contributed by atoms with Crippen LogP contribution in [-0.2, 0) is 10.0 Å². The summed E-state index contributed by atoms with van der Waals surface area (Å²) in [6, 6.07) is 1.80. The molecule has 1 atom stereocenters. The molecule has 4 heterocycles. The minimum absolute atomic E-state index is 0.0528. The Morgan fingerprint density at radius 1 is 1.29 bits per heavy atom. The van der Waals surface area contributed by atoms with Crippen molar-refractivity contribution in [2.75, 3.05) is 24.5 Å². The first-order valence-electron chi connectivity index (χ1n) is 8.61. The highest BCUT2D eigenvalue weighted by molar-refractivity contribution is 7.90. The molecule has 1 aliphatic heterocycles. The number of sulfonamides is 1. The summed E-state index contributed by atoms with van der Waals surface area (Å²) in [6.07, 6.45) is 0.944. The topological polar surface area (TPSA) is 104 Å². The van der Waals surface area contributed by atoms with Crippen LogP contribution in [0.5, 0.6) is 0 Å². The Balaban J connectivity index is 1.66. The maximum absolute atomic E-state index is 12.4. The standard InChI is InChI=1S/C16H17F3N6O2S/c17-16(18,19)8-24-28(26,27)10-2-1-5-25(7-10)15-13-11-3-4-20-14(11)21-6-12(13)22-9-23-15/h3-4,6,9-10,24H,1-2,5,7-8H2,(H,22,23). The zero-order valence-corrected chi connectivity index (χ0v) is 15.4. The summed E-state index contributed by atoms with van der Waals surface area (Å²) in [6.45, 7) is -0.967. The third kappa shape index (κ3) is 3.61. The van der Waals surface area contributed by atoms with Gasteiger partial charge in [0.1, 0.15) is 12.4 Å². The number of nitrogens with one attached hydrogen (secondary N) is 2. The predicted molar refractivity (Wildman–Crippen MR) is 97.4 cm³/mol. The number of hydrogen-bond acceptors (Lipinski definition) is 6. The second-order valence-electron chi connectivity index (χ2n) is 6.65. The molecule has 3 aromatic heterocycles. The van der Waals surface area contributed by atoms with Crippen molar-refractivity contribution >= 4 is 37.8 Å². The zero-order chi connectivity index (χ0) is 19.9. The molecule has 2 N–H and O–H groups in total. The summed E-state index contributed by atoms with van der Waals surface area (Å²) in [5, 5.41) is 0.572. The van der Waals surface area contributed by atoms with E-state index in [-0.39, 0.29) is 13.0 Å². The molecule has 0 aromatic carbocycles. The molecule has 8 nitrogen and oxygen atoms in total. The van der Waals surface area contributed by atoms with E-state index >= 15 is 0 Å². The SMILES string of the molecule is O=S(=O)(NCC(F)(F)F)C1CCCN(c2nc[nH]c3cnc4nccc4c23)C1. The lowest BCUT2D eigenvalue weighted by molar-refractivity contribution is -0.121. The molecule has 1 fully saturated rings. The Bertz CT molecular complexity index is 1110. The van der Waals surface area contributed by atoms with Crippen molar-refractivity contribution in [2.24, 2.45) is 0 Å². The van der Waals surface area contributed by atoms with E-state index < -0.39 is 28.0 Å². The molecule has 12 heteroatoms. The third-order valence-corrected chi connectivity index (χ3v) is 6.56. The summed E-state index contributed by atoms with van der Waals surface area (Å²) in [5.41, 5.74) is 1.26. The Hall–Kier alpha value is -2.47. The van der Waals surface area contributed by atoms with E-state index in [1.165, 1.54) is 6.33 Å². The minimum atomic E-state index is -4.60. The van der Waals surface area contributed by atoms with Crippen LogP contribution in [0.3, 0.4) is 0 Å². The summed E-state index contributed by atoms with van der Waals surface area (Å²) in [4.78, 5) is 17.6. The van der Waals surface area contributed by atoms with Gasteiger partial charge < -0.3 is 9.88 Å². The minimum Gasteiger partial charge on any atom is -0.355 e. The molecule has 0 radical (unpaired) electrons. The van der Waals surface area contributed by atoms with Gasteiger partial charge in [0.25, 0.3) is 0 Å². The first-order valence-corrected chi connectivity index (χ1v) is 10.2. The number of rotatable bonds is 4. The molecule has 0 bridgehead atoms. The lowest BCUT2D eigenvalue weighted by Gasteiger charge is -2.33. The Kier molecular flexibility index (Phi) is 4.62. The molecular weight excluding hydrogens is 397 g/mol. The van der Waals surface area contributed by atoms with Gasteiger partial charge in [-0.2, -0.15) is 13.2 Å². The summed E-state index contributed by atoms with van der Waals surface area (Å²) in [5.74, 6) is 0.560. The van der Waals surface area contributed by atoms with Gasteiger partial charge in [-0.3, -0.25) is 0 Å². The average molecular weight is 414 g/mol. The zero-order valence-electron chi connectivity index (χ0n) is 14.6. The largest absolute Gasteiger partial charge is 0.402 e. The van der Waals surface area contributed by atoms with Crippen molar-refractivity contribution in [3.63, 3.8) is 0 Å². The Morgan fingerprint density at radius 3 is 2.89 bits per heavy atom. The van der Waals surface area contributed by atoms with Crippen molar-refractivity contribution in [3.8, 4) is 0 Å². The van der Waals surface area contributed by atoms with Gasteiger partial charge in [0, 0.05) is 24.7 Å². The molecule has 1 unspecified atom stereocenters. The number of aromatic nitrogens is 4. The molecule has 1 saturated heterocycles. The fourth-order valence-electron chi connectivity index (χ4n) is 3.46. The van der Waals surface area contributed by atoms with Crippen LogP contribution in [0, 0.1) is 0 Å². The van der Waals surface area contributed by atoms with Gasteiger partial charge in [-0.1, -0.05) is 0 Å². The lowest BCUT2D eigenvalue weighted by Crippen LogP contribution is -2.48. The van der Waals surface area contributed by atoms with E-state index in [4.69, 9.17) is 0 Å². The molecule has 3 aromatic rings. The van der Waals surface area contributed by atoms with Gasteiger partial charge in [0.15, 0.2) is 5.65 Å². The number of aromatic amines is 1. The number of pyridine rings is 1. The molecule has 28 heavy (non-hydrogen) atoms. The molecule has 0 amide bonds. The van der Waals surface area contributed by atoms with Crippen molar-refractivity contribution in [3.05, 3.63) is 24.8 Å². The number of anilines is 1. The van der Waals surface area contributed by atoms with Crippen molar-refractivity contribution in [1.29, 1.82) is 0 Å². The second kappa shape index (κ2) is 6.85. The fourth-order valence-corrected chi connectivity index (χ4v) is 4.92. The lowest BCUT2D eigenvalue weighted by atomic mass is 10.1. The van der Waals surface area contributed by atoms with Gasteiger partial charge in [-0.25, -0.2) is 28.1 Å². The highest BCUT2D eigenvalue weighted by atomic mass is 32.2. The van der Waals surface area contributed by atoms with E-state index in [2.05, 4.69) is 19.9 Å². The van der Waals surface area contributed by atoms with Crippen molar-refractivity contribution in [1.82, 2.24) is 24.7 Å². The number of fused-ring (bicyclic) bond motifs is 3. The maximum atomic E-state index is 12.4. The first kappa shape index (κ1) is 18.9. The van der Waals surface area contributed by atoms with Gasteiger partial charge in [-0.15, -0.1) is 0 Å². The van der Waals surface area contributed by atoms with Gasteiger partial charge in [0.05, 0.1) is 28.7 Å². The maximum Gasteiger partial charge on any atom is 0.402 e. The average Bonchev–Trinajstić information content (AvgIpc) is 3.15. The summed E-state index contributed by atoms with van der Waals surface area (Å²) in [7, 11) is -4.11. The molecule has 1 aliphatic rings. The Morgan fingerprint density at radius 2 is 2.11 bits per heavy atom. The molecule has 4 rings (SSSR count). The second-order valence-corrected chi connectivity index (χ2v) is 8.69. The number of piperidine rings is 1. The smallest absolute Gasteiger partial charge is 0.355 e. The molecule has 0 aliphatic carbocycles. The summed E-state index contributed by atoms with van der Waals surface area (Å²) < 4.78 is 63.7. The van der Waals surface area contributed by atoms with E-state index in [9.17, 15) is 21.6 Å². The number of nitrogens with zero attached hydrogens (tertiary/aromatic N) is 4. The van der Waals surface area contributed by atoms with Gasteiger partial charge in [-0.05, 0) is 18.9 Å². The fraction of sp³-hybridized carbons (Fsp3) is 0.438. The van der Waals surface area contributed by atoms with Crippen LogP contribution in [0.15, 0.2) is 24.8 Å². The van der Waals surface area contributed by atoms with Crippen LogP contribution < -0.4 is 9.62 Å². The van der Waals surface area contributed by atoms with Crippen LogP contribution in [0.25, 0.3) is 21.9 Å². The normalized spacial score (nSPS) is 18.8. The van der Waals surface area contributed by atoms with Gasteiger partial charge >= 0.3 is 6.18 Å². The summed E-state index contributed by atoms with van der Waals surface area (Å²) >= 11 is 0. The molecular formula is C16H17F3N6O2S. The Labute approximate surface area is 158 Å². The highest BCUT2D eigenvalue weighted by Crippen LogP contribution is 2.31. The van der Waals surface area contributed by atoms with Crippen LogP contribution in [0.4, 0.5) is 19.0 Å². The molecule has 0 saturated carbocycles. The molecule has 150 valence electrons. The van der Waals surface area contributed by atoms with Crippen LogP contribution in [0.2, 0.25) is 0 Å². The predicted octanol–water partition coefficient (Wildman–Crippen LogP) is 1.96. The van der Waals surface area contributed by atoms with Crippen molar-refractivity contribution < 1.29 is 21.6 Å². The quantitative estimate of drug-likeness (QED) is 0.676. The third-order valence-electron chi connectivity index (χ3n) is 4.75. The van der Waals surface area contributed by atoms with Crippen LogP contribution >= 0.6 is 0 Å². The monoisotopic (exact) mass is 414 g/mol. The number of alkyl halides is 3. The van der Waals surface area contributed by atoms with Gasteiger partial charge in [0.2, 0.25) is 10.0 Å². The number of halogens is 3. The van der Waals surface area contributed by atoms with E-state index in [0.29, 0.717) is 29.9 Å². The van der Waals surface area contributed by atoms with Crippen molar-refractivity contribution in [2.45, 2.75) is 24.3 Å². The van der Waals surface area contributed by atoms with E-state index in [1.54, 1.807) is 28.1 Å². The first-order chi connectivity index (χ1) is 13.2. The number of hydrogen-bond donors (Lipinski definition) is 2. The van der Waals surface area contributed by atoms with E-state index in [1.807, 2.05) is 0 Å². The number of H-pyrrole nitrogens is 1. The highest BCUT2D eigenvalue weighted by Gasteiger charge is 2.35. The van der Waals surface area contributed by atoms with E-state index in [0.717, 1.165) is 10.8 Å². The molecule has 0 spiro atoms. The van der Waals surface area contributed by atoms with Crippen LogP contribution in [0.1, 0.15) is 12.8 Å².